The van der Waals surface area contributed by atoms with Crippen LogP contribution in [0.15, 0.2) is 29.1 Å². The molecular formula is C18H23NO2. The Hall–Kier alpha value is -2.03. The van der Waals surface area contributed by atoms with Crippen LogP contribution in [0.25, 0.3) is 11.1 Å². The highest BCUT2D eigenvalue weighted by atomic mass is 16.3. The Morgan fingerprint density at radius 2 is 1.67 bits per heavy atom. The normalized spacial score (nSPS) is 13.1. The first kappa shape index (κ1) is 15.4. The number of H-pyrrole nitrogens is 1. The van der Waals surface area contributed by atoms with Crippen LogP contribution in [0.2, 0.25) is 0 Å². The zero-order valence-electron chi connectivity index (χ0n) is 13.0. The molecule has 0 unspecified atom stereocenters. The Bertz CT molecular complexity index is 669. The molecule has 1 aliphatic rings. The van der Waals surface area contributed by atoms with Gasteiger partial charge in [0.1, 0.15) is 5.75 Å². The van der Waals surface area contributed by atoms with E-state index >= 15 is 0 Å². The summed E-state index contributed by atoms with van der Waals surface area (Å²) < 4.78 is 0. The molecule has 0 atom stereocenters. The van der Waals surface area contributed by atoms with E-state index in [1.54, 1.807) is 24.3 Å². The average molecular weight is 285 g/mol. The van der Waals surface area contributed by atoms with Crippen molar-refractivity contribution in [2.45, 2.75) is 46.5 Å². The number of rotatable bonds is 1. The van der Waals surface area contributed by atoms with Crippen LogP contribution in [0, 0.1) is 6.92 Å². The summed E-state index contributed by atoms with van der Waals surface area (Å²) in [5.74, 6) is 0.218. The maximum atomic E-state index is 12.6. The number of hydrogen-bond donors (Lipinski definition) is 2. The summed E-state index contributed by atoms with van der Waals surface area (Å²) in [5.41, 5.74) is 4.72. The van der Waals surface area contributed by atoms with Crippen LogP contribution in [0.4, 0.5) is 0 Å². The molecule has 1 heterocycles. The first-order valence-corrected chi connectivity index (χ1v) is 7.71. The second-order valence-electron chi connectivity index (χ2n) is 5.17. The summed E-state index contributed by atoms with van der Waals surface area (Å²) in [6.45, 7) is 5.94. The molecule has 2 aromatic rings. The van der Waals surface area contributed by atoms with E-state index in [9.17, 15) is 9.90 Å². The van der Waals surface area contributed by atoms with Crippen molar-refractivity contribution in [1.82, 2.24) is 4.98 Å². The van der Waals surface area contributed by atoms with E-state index in [2.05, 4.69) is 4.98 Å². The van der Waals surface area contributed by atoms with Crippen molar-refractivity contribution in [1.29, 1.82) is 0 Å². The van der Waals surface area contributed by atoms with Gasteiger partial charge in [-0.2, -0.15) is 0 Å². The molecule has 1 aromatic carbocycles. The van der Waals surface area contributed by atoms with Gasteiger partial charge in [-0.05, 0) is 50.3 Å². The summed E-state index contributed by atoms with van der Waals surface area (Å²) in [6.07, 6.45) is 4.09. The fourth-order valence-corrected chi connectivity index (χ4v) is 2.88. The van der Waals surface area contributed by atoms with Crippen molar-refractivity contribution in [3.63, 3.8) is 0 Å². The summed E-state index contributed by atoms with van der Waals surface area (Å²) in [6, 6.07) is 6.82. The van der Waals surface area contributed by atoms with Crippen LogP contribution in [0.3, 0.4) is 0 Å². The maximum Gasteiger partial charge on any atom is 0.193 e. The lowest BCUT2D eigenvalue weighted by molar-refractivity contribution is 0.475. The third kappa shape index (κ3) is 3.02. The number of aromatic hydroxyl groups is 1. The third-order valence-corrected chi connectivity index (χ3v) is 3.84. The minimum Gasteiger partial charge on any atom is -0.508 e. The van der Waals surface area contributed by atoms with Gasteiger partial charge in [0.05, 0.1) is 0 Å². The highest BCUT2D eigenvalue weighted by Crippen LogP contribution is 2.25. The highest BCUT2D eigenvalue weighted by Gasteiger charge is 2.18. The standard InChI is InChI=1S/C16H17NO2.C2H6/c1-10-15(11-6-8-12(18)9-7-11)16(19)13-4-2-3-5-14(13)17-10;1-2/h6-9,18H,2-5H2,1H3,(H,17,19);1-2H3. The van der Waals surface area contributed by atoms with Crippen molar-refractivity contribution < 1.29 is 5.11 Å². The zero-order chi connectivity index (χ0) is 15.4. The number of phenols is 1. The Morgan fingerprint density at radius 1 is 1.05 bits per heavy atom. The second kappa shape index (κ2) is 6.61. The number of phenolic OH excluding ortho intramolecular Hbond substituents is 1. The number of aromatic amines is 1. The Kier molecular flexibility index (Phi) is 4.84. The zero-order valence-corrected chi connectivity index (χ0v) is 13.0. The van der Waals surface area contributed by atoms with Crippen LogP contribution in [0.5, 0.6) is 5.75 Å². The molecule has 3 nitrogen and oxygen atoms in total. The Labute approximate surface area is 125 Å². The number of aromatic nitrogens is 1. The van der Waals surface area contributed by atoms with Gasteiger partial charge in [-0.3, -0.25) is 4.79 Å². The van der Waals surface area contributed by atoms with Crippen molar-refractivity contribution >= 4 is 0 Å². The lowest BCUT2D eigenvalue weighted by Crippen LogP contribution is -2.21. The summed E-state index contributed by atoms with van der Waals surface area (Å²) in [5, 5.41) is 9.35. The minimum absolute atomic E-state index is 0.150. The Morgan fingerprint density at radius 3 is 2.33 bits per heavy atom. The summed E-state index contributed by atoms with van der Waals surface area (Å²) >= 11 is 0. The first-order chi connectivity index (χ1) is 10.2. The lowest BCUT2D eigenvalue weighted by Gasteiger charge is -2.18. The van der Waals surface area contributed by atoms with Gasteiger partial charge in [0.15, 0.2) is 5.43 Å². The van der Waals surface area contributed by atoms with Gasteiger partial charge in [-0.15, -0.1) is 0 Å². The molecule has 0 spiro atoms. The average Bonchev–Trinajstić information content (AvgIpc) is 2.51. The van der Waals surface area contributed by atoms with Gasteiger partial charge < -0.3 is 10.1 Å². The maximum absolute atomic E-state index is 12.6. The highest BCUT2D eigenvalue weighted by molar-refractivity contribution is 5.67. The number of fused-ring (bicyclic) bond motifs is 1. The van der Waals surface area contributed by atoms with Gasteiger partial charge in [-0.1, -0.05) is 26.0 Å². The number of aryl methyl sites for hydroxylation is 2. The van der Waals surface area contributed by atoms with E-state index in [0.717, 1.165) is 53.8 Å². The second-order valence-corrected chi connectivity index (χ2v) is 5.17. The molecule has 0 radical (unpaired) electrons. The predicted octanol–water partition coefficient (Wildman–Crippen LogP) is 3.96. The first-order valence-electron chi connectivity index (χ1n) is 7.71. The number of nitrogens with one attached hydrogen (secondary N) is 1. The number of hydrogen-bond acceptors (Lipinski definition) is 2. The van der Waals surface area contributed by atoms with E-state index in [1.807, 2.05) is 20.8 Å². The largest absolute Gasteiger partial charge is 0.508 e. The molecule has 2 N–H and O–H groups in total. The molecule has 21 heavy (non-hydrogen) atoms. The molecular weight excluding hydrogens is 262 g/mol. The van der Waals surface area contributed by atoms with Crippen molar-refractivity contribution in [2.24, 2.45) is 0 Å². The molecule has 3 heteroatoms. The molecule has 0 bridgehead atoms. The van der Waals surface area contributed by atoms with Crippen molar-refractivity contribution in [3.8, 4) is 16.9 Å². The predicted molar refractivity (Wildman–Crippen MR) is 86.9 cm³/mol. The lowest BCUT2D eigenvalue weighted by atomic mass is 9.91. The molecule has 3 rings (SSSR count). The minimum atomic E-state index is 0.150. The monoisotopic (exact) mass is 285 g/mol. The SMILES string of the molecule is CC.Cc1[nH]c2c(c(=O)c1-c1ccc(O)cc1)CCCC2. The molecule has 1 aromatic heterocycles. The Balaban J connectivity index is 0.000000774. The summed E-state index contributed by atoms with van der Waals surface area (Å²) in [7, 11) is 0. The molecule has 0 saturated carbocycles. The van der Waals surface area contributed by atoms with Crippen LogP contribution in [-0.4, -0.2) is 10.1 Å². The van der Waals surface area contributed by atoms with E-state index in [-0.39, 0.29) is 11.2 Å². The molecule has 0 aliphatic heterocycles. The van der Waals surface area contributed by atoms with Crippen LogP contribution < -0.4 is 5.43 Å². The number of benzene rings is 1. The van der Waals surface area contributed by atoms with Crippen molar-refractivity contribution in [3.05, 3.63) is 51.4 Å². The van der Waals surface area contributed by atoms with Crippen LogP contribution in [0.1, 0.15) is 43.6 Å². The third-order valence-electron chi connectivity index (χ3n) is 3.84. The van der Waals surface area contributed by atoms with E-state index < -0.39 is 0 Å². The smallest absolute Gasteiger partial charge is 0.193 e. The van der Waals surface area contributed by atoms with Gasteiger partial charge in [0.25, 0.3) is 0 Å². The fourth-order valence-electron chi connectivity index (χ4n) is 2.88. The van der Waals surface area contributed by atoms with Crippen LogP contribution >= 0.6 is 0 Å². The van der Waals surface area contributed by atoms with Gasteiger partial charge >= 0.3 is 0 Å². The topological polar surface area (TPSA) is 53.1 Å². The number of pyridine rings is 1. The van der Waals surface area contributed by atoms with E-state index in [0.29, 0.717) is 0 Å². The van der Waals surface area contributed by atoms with E-state index in [4.69, 9.17) is 0 Å². The molecule has 112 valence electrons. The van der Waals surface area contributed by atoms with E-state index in [1.165, 1.54) is 0 Å². The van der Waals surface area contributed by atoms with Gasteiger partial charge in [-0.25, -0.2) is 0 Å². The molecule has 1 aliphatic carbocycles. The van der Waals surface area contributed by atoms with Crippen molar-refractivity contribution in [2.75, 3.05) is 0 Å². The summed E-state index contributed by atoms with van der Waals surface area (Å²) in [4.78, 5) is 16.0. The molecule has 0 fully saturated rings. The molecule has 0 amide bonds. The molecule has 0 saturated heterocycles. The fraction of sp³-hybridized carbons (Fsp3) is 0.389. The quantitative estimate of drug-likeness (QED) is 0.833. The van der Waals surface area contributed by atoms with Gasteiger partial charge in [0.2, 0.25) is 0 Å². The van der Waals surface area contributed by atoms with Gasteiger partial charge in [0, 0.05) is 22.5 Å². The van der Waals surface area contributed by atoms with Crippen LogP contribution in [-0.2, 0) is 12.8 Å².